The predicted octanol–water partition coefficient (Wildman–Crippen LogP) is 12.4. The molecule has 0 aromatic heterocycles. The van der Waals surface area contributed by atoms with E-state index in [0.717, 1.165) is 31.6 Å². The number of carbonyl (C=O) groups excluding carboxylic acids is 2. The first kappa shape index (κ1) is 41.1. The lowest BCUT2D eigenvalue weighted by atomic mass is 9.70. The van der Waals surface area contributed by atoms with Crippen LogP contribution in [0.2, 0.25) is 0 Å². The van der Waals surface area contributed by atoms with Gasteiger partial charge in [0.1, 0.15) is 5.78 Å². The number of unbranched alkanes of at least 4 members (excludes halogenated alkanes) is 2. The van der Waals surface area contributed by atoms with Gasteiger partial charge in [-0.05, 0) is 98.7 Å². The average molecular weight is 593 g/mol. The van der Waals surface area contributed by atoms with E-state index in [4.69, 9.17) is 4.74 Å². The van der Waals surface area contributed by atoms with Crippen LogP contribution in [0.15, 0.2) is 0 Å². The fourth-order valence-electron chi connectivity index (χ4n) is 8.25. The molecule has 0 fully saturated rings. The van der Waals surface area contributed by atoms with Crippen molar-refractivity contribution in [2.24, 2.45) is 38.4 Å². The van der Waals surface area contributed by atoms with E-state index in [2.05, 4.69) is 83.1 Å². The second-order valence-electron chi connectivity index (χ2n) is 19.3. The fraction of sp³-hybridized carbons (Fsp3) is 0.949. The Morgan fingerprint density at radius 2 is 1.02 bits per heavy atom. The molecular formula is C39H76O3. The van der Waals surface area contributed by atoms with Crippen molar-refractivity contribution in [3.8, 4) is 0 Å². The Morgan fingerprint density at radius 1 is 0.571 bits per heavy atom. The quantitative estimate of drug-likeness (QED) is 0.0927. The van der Waals surface area contributed by atoms with E-state index < -0.39 is 5.41 Å². The summed E-state index contributed by atoms with van der Waals surface area (Å²) in [6.45, 7) is 34.1. The lowest BCUT2D eigenvalue weighted by Gasteiger charge is -2.35. The van der Waals surface area contributed by atoms with Gasteiger partial charge < -0.3 is 9.53 Å². The summed E-state index contributed by atoms with van der Waals surface area (Å²) in [7, 11) is 0. The largest absolute Gasteiger partial charge is 0.465 e. The Hall–Kier alpha value is -0.860. The van der Waals surface area contributed by atoms with E-state index in [1.54, 1.807) is 6.92 Å². The number of ketones is 1. The molecule has 1 unspecified atom stereocenters. The monoisotopic (exact) mass is 593 g/mol. The maximum Gasteiger partial charge on any atom is 0.311 e. The maximum absolute atomic E-state index is 12.6. The first-order chi connectivity index (χ1) is 18.8. The van der Waals surface area contributed by atoms with Gasteiger partial charge in [0.05, 0.1) is 12.0 Å². The highest BCUT2D eigenvalue weighted by Crippen LogP contribution is 2.41. The zero-order valence-electron chi connectivity index (χ0n) is 31.4. The van der Waals surface area contributed by atoms with E-state index >= 15 is 0 Å². The Balaban J connectivity index is 4.29. The van der Waals surface area contributed by atoms with Crippen LogP contribution in [0.5, 0.6) is 0 Å². The van der Waals surface area contributed by atoms with Crippen molar-refractivity contribution in [2.45, 2.75) is 194 Å². The summed E-state index contributed by atoms with van der Waals surface area (Å²) in [5, 5.41) is 0. The van der Waals surface area contributed by atoms with Crippen LogP contribution in [0.3, 0.4) is 0 Å². The summed E-state index contributed by atoms with van der Waals surface area (Å²) in [6.07, 6.45) is 16.3. The van der Waals surface area contributed by atoms with E-state index in [-0.39, 0.29) is 22.2 Å². The van der Waals surface area contributed by atoms with Gasteiger partial charge in [-0.2, -0.15) is 0 Å². The summed E-state index contributed by atoms with van der Waals surface area (Å²) in [6, 6.07) is 0. The molecular weight excluding hydrogens is 516 g/mol. The molecule has 0 heterocycles. The second kappa shape index (κ2) is 17.0. The smallest absolute Gasteiger partial charge is 0.311 e. The number of hydrogen-bond acceptors (Lipinski definition) is 3. The molecule has 0 aliphatic rings. The molecule has 0 saturated carbocycles. The van der Waals surface area contributed by atoms with Crippen LogP contribution in [0.4, 0.5) is 0 Å². The summed E-state index contributed by atoms with van der Waals surface area (Å²) in [5.41, 5.74) is 0.663. The molecule has 0 N–H and O–H groups in total. The van der Waals surface area contributed by atoms with E-state index in [1.165, 1.54) is 57.8 Å². The van der Waals surface area contributed by atoms with Gasteiger partial charge in [-0.3, -0.25) is 4.79 Å². The Morgan fingerprint density at radius 3 is 1.52 bits per heavy atom. The lowest BCUT2D eigenvalue weighted by molar-refractivity contribution is -0.156. The van der Waals surface area contributed by atoms with Crippen molar-refractivity contribution in [3.05, 3.63) is 0 Å². The molecule has 0 radical (unpaired) electrons. The van der Waals surface area contributed by atoms with E-state index in [1.807, 2.05) is 13.8 Å². The number of carbonyl (C=O) groups is 2. The summed E-state index contributed by atoms with van der Waals surface area (Å²) >= 11 is 0. The minimum absolute atomic E-state index is 0.0567. The number of esters is 1. The Labute approximate surface area is 264 Å². The van der Waals surface area contributed by atoms with Crippen molar-refractivity contribution in [2.75, 3.05) is 6.61 Å². The summed E-state index contributed by atoms with van der Waals surface area (Å²) in [5.74, 6) is 1.05. The van der Waals surface area contributed by atoms with Crippen LogP contribution in [0, 0.1) is 38.4 Å². The molecule has 0 amide bonds. The summed E-state index contributed by atoms with van der Waals surface area (Å²) in [4.78, 5) is 24.3. The molecule has 3 heteroatoms. The van der Waals surface area contributed by atoms with Crippen LogP contribution in [0.25, 0.3) is 0 Å². The molecule has 42 heavy (non-hydrogen) atoms. The third kappa shape index (κ3) is 20.9. The van der Waals surface area contributed by atoms with E-state index in [0.29, 0.717) is 29.6 Å². The molecule has 0 bridgehead atoms. The molecule has 0 spiro atoms. The molecule has 0 aliphatic heterocycles. The molecule has 0 saturated heterocycles. The molecule has 0 aliphatic carbocycles. The van der Waals surface area contributed by atoms with Gasteiger partial charge in [0.25, 0.3) is 0 Å². The van der Waals surface area contributed by atoms with Crippen molar-refractivity contribution < 1.29 is 14.3 Å². The lowest BCUT2D eigenvalue weighted by Crippen LogP contribution is -2.31. The van der Waals surface area contributed by atoms with Gasteiger partial charge >= 0.3 is 5.97 Å². The van der Waals surface area contributed by atoms with Crippen LogP contribution in [0.1, 0.15) is 194 Å². The van der Waals surface area contributed by atoms with Crippen LogP contribution >= 0.6 is 0 Å². The fourth-order valence-corrected chi connectivity index (χ4v) is 8.25. The molecule has 1 atom stereocenters. The van der Waals surface area contributed by atoms with Crippen LogP contribution in [-0.4, -0.2) is 18.4 Å². The third-order valence-electron chi connectivity index (χ3n) is 9.00. The van der Waals surface area contributed by atoms with Crippen molar-refractivity contribution in [3.63, 3.8) is 0 Å². The Bertz CT molecular complexity index is 791. The highest BCUT2D eigenvalue weighted by molar-refractivity contribution is 5.76. The first-order valence-electron chi connectivity index (χ1n) is 17.4. The average Bonchev–Trinajstić information content (AvgIpc) is 2.71. The Kier molecular flexibility index (Phi) is 16.7. The number of Topliss-reactive ketones (excluding diaryl/α,β-unsaturated/α-hetero) is 1. The van der Waals surface area contributed by atoms with Crippen molar-refractivity contribution in [1.29, 1.82) is 0 Å². The van der Waals surface area contributed by atoms with Gasteiger partial charge in [0, 0.05) is 6.42 Å². The van der Waals surface area contributed by atoms with Crippen LogP contribution in [-0.2, 0) is 14.3 Å². The van der Waals surface area contributed by atoms with Crippen molar-refractivity contribution >= 4 is 11.8 Å². The molecule has 0 aromatic rings. The minimum Gasteiger partial charge on any atom is -0.465 e. The SMILES string of the molecule is CC(=O)CC(C)(C)CC(C)(C)CCCCCC(C)CCCC(C)(C)CC(C)(C)CCCOC(=O)C(C)(C)CC(C)(C)C. The number of ether oxygens (including phenoxy) is 1. The van der Waals surface area contributed by atoms with Gasteiger partial charge in [-0.15, -0.1) is 0 Å². The van der Waals surface area contributed by atoms with E-state index in [9.17, 15) is 9.59 Å². The topological polar surface area (TPSA) is 43.4 Å². The summed E-state index contributed by atoms with van der Waals surface area (Å²) < 4.78 is 5.71. The van der Waals surface area contributed by atoms with Crippen molar-refractivity contribution in [1.82, 2.24) is 0 Å². The zero-order valence-corrected chi connectivity index (χ0v) is 31.4. The molecule has 250 valence electrons. The third-order valence-corrected chi connectivity index (χ3v) is 9.00. The highest BCUT2D eigenvalue weighted by Gasteiger charge is 2.34. The first-order valence-corrected chi connectivity index (χ1v) is 17.4. The van der Waals surface area contributed by atoms with Gasteiger partial charge in [-0.25, -0.2) is 0 Å². The highest BCUT2D eigenvalue weighted by atomic mass is 16.5. The van der Waals surface area contributed by atoms with Gasteiger partial charge in [0.2, 0.25) is 0 Å². The zero-order chi connectivity index (χ0) is 33.0. The van der Waals surface area contributed by atoms with Gasteiger partial charge in [-0.1, -0.05) is 122 Å². The normalized spacial score (nSPS) is 14.6. The number of hydrogen-bond donors (Lipinski definition) is 0. The molecule has 0 aromatic carbocycles. The minimum atomic E-state index is -0.432. The standard InChI is InChI=1S/C39H76O3/c1-31(21-17-16-18-23-35(6,7)30-38(12,13)27-32(2)40)22-19-24-36(8,9)29-37(10,11)25-20-26-42-33(41)39(14,15)28-34(3,4)5/h31H,16-30H2,1-15H3. The maximum atomic E-state index is 12.6. The van der Waals surface area contributed by atoms with Gasteiger partial charge in [0.15, 0.2) is 0 Å². The van der Waals surface area contributed by atoms with Crippen LogP contribution < -0.4 is 0 Å². The predicted molar refractivity (Wildman–Crippen MR) is 184 cm³/mol. The molecule has 3 nitrogen and oxygen atoms in total. The number of rotatable bonds is 22. The molecule has 0 rings (SSSR count). The second-order valence-corrected chi connectivity index (χ2v) is 19.3.